The van der Waals surface area contributed by atoms with Gasteiger partial charge in [-0.3, -0.25) is 4.98 Å². The number of aliphatic hydroxyl groups is 1. The van der Waals surface area contributed by atoms with Crippen molar-refractivity contribution >= 4 is 5.69 Å². The zero-order valence-electron chi connectivity index (χ0n) is 11.2. The predicted molar refractivity (Wildman–Crippen MR) is 71.7 cm³/mol. The summed E-state index contributed by atoms with van der Waals surface area (Å²) in [4.78, 5) is 6.48. The van der Waals surface area contributed by atoms with Gasteiger partial charge in [0, 0.05) is 20.2 Å². The van der Waals surface area contributed by atoms with E-state index in [4.69, 9.17) is 4.74 Å². The zero-order valence-corrected chi connectivity index (χ0v) is 11.2. The third-order valence-corrected chi connectivity index (χ3v) is 3.43. The van der Waals surface area contributed by atoms with Crippen molar-refractivity contribution in [3.8, 4) is 0 Å². The fraction of sp³-hybridized carbons (Fsp3) is 0.643. The van der Waals surface area contributed by atoms with Crippen molar-refractivity contribution in [1.82, 2.24) is 4.98 Å². The summed E-state index contributed by atoms with van der Waals surface area (Å²) in [5.74, 6) is 0.611. The molecule has 1 unspecified atom stereocenters. The number of aromatic nitrogens is 1. The molecule has 1 N–H and O–H groups in total. The molecular weight excluding hydrogens is 228 g/mol. The number of nitrogens with zero attached hydrogens (tertiary/aromatic N) is 2. The topological polar surface area (TPSA) is 45.6 Å². The summed E-state index contributed by atoms with van der Waals surface area (Å²) in [7, 11) is 2.08. The maximum absolute atomic E-state index is 9.42. The molecule has 4 heteroatoms. The third kappa shape index (κ3) is 3.43. The number of anilines is 1. The molecule has 0 bridgehead atoms. The molecule has 2 rings (SSSR count). The average molecular weight is 250 g/mol. The van der Waals surface area contributed by atoms with E-state index in [-0.39, 0.29) is 0 Å². The van der Waals surface area contributed by atoms with Crippen LogP contribution >= 0.6 is 0 Å². The number of pyridine rings is 1. The number of aliphatic hydroxyl groups excluding tert-OH is 1. The van der Waals surface area contributed by atoms with Gasteiger partial charge in [-0.2, -0.15) is 0 Å². The van der Waals surface area contributed by atoms with Crippen molar-refractivity contribution in [2.24, 2.45) is 5.92 Å². The molecule has 2 atom stereocenters. The predicted octanol–water partition coefficient (Wildman–Crippen LogP) is 2.00. The molecule has 1 aliphatic rings. The first-order valence-corrected chi connectivity index (χ1v) is 6.59. The van der Waals surface area contributed by atoms with Gasteiger partial charge in [0.2, 0.25) is 0 Å². The minimum Gasteiger partial charge on any atom is -0.387 e. The first-order valence-electron chi connectivity index (χ1n) is 6.59. The van der Waals surface area contributed by atoms with Gasteiger partial charge in [0.1, 0.15) is 0 Å². The van der Waals surface area contributed by atoms with Gasteiger partial charge in [0.15, 0.2) is 0 Å². The SMILES string of the molecule is C[C@@H](O)c1ccc(N(C)CC2CCCOC2)cn1. The molecule has 1 saturated heterocycles. The lowest BCUT2D eigenvalue weighted by Gasteiger charge is -2.28. The van der Waals surface area contributed by atoms with Gasteiger partial charge in [0.05, 0.1) is 30.3 Å². The molecule has 18 heavy (non-hydrogen) atoms. The Hall–Kier alpha value is -1.13. The van der Waals surface area contributed by atoms with E-state index in [1.54, 1.807) is 6.92 Å². The summed E-state index contributed by atoms with van der Waals surface area (Å²) in [5, 5.41) is 9.42. The maximum atomic E-state index is 9.42. The van der Waals surface area contributed by atoms with E-state index < -0.39 is 6.10 Å². The molecule has 0 saturated carbocycles. The van der Waals surface area contributed by atoms with E-state index >= 15 is 0 Å². The fourth-order valence-electron chi connectivity index (χ4n) is 2.31. The van der Waals surface area contributed by atoms with Crippen LogP contribution in [0, 0.1) is 5.92 Å². The van der Waals surface area contributed by atoms with E-state index in [0.717, 1.165) is 31.9 Å². The molecule has 0 radical (unpaired) electrons. The molecule has 100 valence electrons. The van der Waals surface area contributed by atoms with Crippen molar-refractivity contribution in [3.63, 3.8) is 0 Å². The molecular formula is C14H22N2O2. The lowest BCUT2D eigenvalue weighted by molar-refractivity contribution is 0.0576. The van der Waals surface area contributed by atoms with Crippen LogP contribution < -0.4 is 4.90 Å². The summed E-state index contributed by atoms with van der Waals surface area (Å²) in [5.41, 5.74) is 1.80. The van der Waals surface area contributed by atoms with Crippen molar-refractivity contribution in [1.29, 1.82) is 0 Å². The van der Waals surface area contributed by atoms with E-state index in [1.807, 2.05) is 18.3 Å². The van der Waals surface area contributed by atoms with Crippen LogP contribution in [0.15, 0.2) is 18.3 Å². The molecule has 0 aromatic carbocycles. The molecule has 1 aliphatic heterocycles. The Morgan fingerprint density at radius 3 is 2.94 bits per heavy atom. The highest BCUT2D eigenvalue weighted by atomic mass is 16.5. The Labute approximate surface area is 109 Å². The van der Waals surface area contributed by atoms with Gasteiger partial charge in [-0.15, -0.1) is 0 Å². The van der Waals surface area contributed by atoms with E-state index in [2.05, 4.69) is 16.9 Å². The Morgan fingerprint density at radius 2 is 2.39 bits per heavy atom. The quantitative estimate of drug-likeness (QED) is 0.887. The maximum Gasteiger partial charge on any atom is 0.0931 e. The molecule has 4 nitrogen and oxygen atoms in total. The van der Waals surface area contributed by atoms with Gasteiger partial charge in [-0.25, -0.2) is 0 Å². The van der Waals surface area contributed by atoms with E-state index in [0.29, 0.717) is 11.6 Å². The lowest BCUT2D eigenvalue weighted by Crippen LogP contribution is -2.30. The standard InChI is InChI=1S/C14H22N2O2/c1-11(17)14-6-5-13(8-15-14)16(2)9-12-4-3-7-18-10-12/h5-6,8,11-12,17H,3-4,7,9-10H2,1-2H3/t11-,12?/m1/s1. The fourth-order valence-corrected chi connectivity index (χ4v) is 2.31. The summed E-state index contributed by atoms with van der Waals surface area (Å²) in [6.07, 6.45) is 3.73. The second-order valence-electron chi connectivity index (χ2n) is 5.08. The van der Waals surface area contributed by atoms with E-state index in [9.17, 15) is 5.11 Å². The van der Waals surface area contributed by atoms with Crippen LogP contribution in [0.4, 0.5) is 5.69 Å². The Bertz CT molecular complexity index is 359. The number of rotatable bonds is 4. The van der Waals surface area contributed by atoms with Gasteiger partial charge in [0.25, 0.3) is 0 Å². The van der Waals surface area contributed by atoms with Crippen molar-refractivity contribution in [2.45, 2.75) is 25.9 Å². The summed E-state index contributed by atoms with van der Waals surface area (Å²) in [6, 6.07) is 3.90. The number of hydrogen-bond acceptors (Lipinski definition) is 4. The monoisotopic (exact) mass is 250 g/mol. The van der Waals surface area contributed by atoms with Gasteiger partial charge in [-0.05, 0) is 37.8 Å². The Morgan fingerprint density at radius 1 is 1.56 bits per heavy atom. The van der Waals surface area contributed by atoms with Gasteiger partial charge < -0.3 is 14.7 Å². The summed E-state index contributed by atoms with van der Waals surface area (Å²) in [6.45, 7) is 4.50. The Kier molecular flexibility index (Phi) is 4.55. The van der Waals surface area contributed by atoms with Crippen LogP contribution in [0.1, 0.15) is 31.6 Å². The zero-order chi connectivity index (χ0) is 13.0. The van der Waals surface area contributed by atoms with Gasteiger partial charge in [-0.1, -0.05) is 0 Å². The highest BCUT2D eigenvalue weighted by Crippen LogP contribution is 2.19. The Balaban J connectivity index is 1.93. The van der Waals surface area contributed by atoms with Crippen molar-refractivity contribution in [3.05, 3.63) is 24.0 Å². The second-order valence-corrected chi connectivity index (χ2v) is 5.08. The summed E-state index contributed by atoms with van der Waals surface area (Å²) >= 11 is 0. The van der Waals surface area contributed by atoms with Crippen LogP contribution in [0.2, 0.25) is 0 Å². The molecule has 0 aliphatic carbocycles. The van der Waals surface area contributed by atoms with Crippen LogP contribution in [0.5, 0.6) is 0 Å². The lowest BCUT2D eigenvalue weighted by atomic mass is 10.0. The minimum atomic E-state index is -0.504. The number of hydrogen-bond donors (Lipinski definition) is 1. The smallest absolute Gasteiger partial charge is 0.0931 e. The molecule has 1 aromatic heterocycles. The van der Waals surface area contributed by atoms with Crippen LogP contribution in [0.3, 0.4) is 0 Å². The molecule has 1 aromatic rings. The van der Waals surface area contributed by atoms with Crippen molar-refractivity contribution in [2.75, 3.05) is 31.7 Å². The van der Waals surface area contributed by atoms with Gasteiger partial charge >= 0.3 is 0 Å². The molecule has 0 amide bonds. The first kappa shape index (κ1) is 13.3. The third-order valence-electron chi connectivity index (χ3n) is 3.43. The average Bonchev–Trinajstić information content (AvgIpc) is 2.40. The number of ether oxygens (including phenoxy) is 1. The highest BCUT2D eigenvalue weighted by molar-refractivity contribution is 5.43. The van der Waals surface area contributed by atoms with Crippen molar-refractivity contribution < 1.29 is 9.84 Å². The summed E-state index contributed by atoms with van der Waals surface area (Å²) < 4.78 is 5.49. The van der Waals surface area contributed by atoms with Crippen LogP contribution in [0.25, 0.3) is 0 Å². The molecule has 0 spiro atoms. The first-order chi connectivity index (χ1) is 8.66. The normalized spacial score (nSPS) is 21.6. The second kappa shape index (κ2) is 6.16. The minimum absolute atomic E-state index is 0.504. The largest absolute Gasteiger partial charge is 0.387 e. The van der Waals surface area contributed by atoms with Crippen LogP contribution in [-0.2, 0) is 4.74 Å². The molecule has 2 heterocycles. The van der Waals surface area contributed by atoms with E-state index in [1.165, 1.54) is 6.42 Å². The molecule has 1 fully saturated rings. The van der Waals surface area contributed by atoms with Crippen LogP contribution in [-0.4, -0.2) is 36.9 Å². The highest BCUT2D eigenvalue weighted by Gasteiger charge is 2.16.